The Bertz CT molecular complexity index is 563. The summed E-state index contributed by atoms with van der Waals surface area (Å²) in [6.45, 7) is 7.97. The van der Waals surface area contributed by atoms with Crippen LogP contribution in [0.1, 0.15) is 30.0 Å². The summed E-state index contributed by atoms with van der Waals surface area (Å²) in [4.78, 5) is 0. The molecule has 2 aromatic carbocycles. The monoisotopic (exact) mass is 269 g/mol. The first kappa shape index (κ1) is 14.4. The molecule has 0 saturated heterocycles. The van der Waals surface area contributed by atoms with Gasteiger partial charge in [-0.25, -0.2) is 0 Å². The van der Waals surface area contributed by atoms with Gasteiger partial charge in [0.15, 0.2) is 0 Å². The van der Waals surface area contributed by atoms with Crippen molar-refractivity contribution >= 4 is 5.69 Å². The predicted octanol–water partition coefficient (Wildman–Crippen LogP) is 4.70. The Labute approximate surface area is 121 Å². The maximum absolute atomic E-state index is 5.65. The van der Waals surface area contributed by atoms with Gasteiger partial charge in [-0.05, 0) is 61.2 Å². The summed E-state index contributed by atoms with van der Waals surface area (Å²) >= 11 is 0. The molecule has 0 fully saturated rings. The number of anilines is 1. The maximum atomic E-state index is 5.65. The molecular weight excluding hydrogens is 246 g/mol. The van der Waals surface area contributed by atoms with E-state index in [1.165, 1.54) is 16.7 Å². The molecule has 0 aliphatic heterocycles. The van der Waals surface area contributed by atoms with Crippen molar-refractivity contribution in [2.24, 2.45) is 0 Å². The lowest BCUT2D eigenvalue weighted by molar-refractivity contribution is 0.317. The van der Waals surface area contributed by atoms with Crippen LogP contribution in [0, 0.1) is 13.8 Å². The van der Waals surface area contributed by atoms with E-state index in [0.717, 1.165) is 31.0 Å². The highest BCUT2D eigenvalue weighted by Gasteiger charge is 1.99. The predicted molar refractivity (Wildman–Crippen MR) is 85.5 cm³/mol. The molecule has 2 rings (SSSR count). The number of nitrogens with one attached hydrogen (secondary N) is 1. The SMILES string of the molecule is CCCOc1cccc(CNc2ccc(C)c(C)c2)c1. The lowest BCUT2D eigenvalue weighted by atomic mass is 10.1. The van der Waals surface area contributed by atoms with Crippen molar-refractivity contribution in [3.63, 3.8) is 0 Å². The molecule has 0 aliphatic rings. The lowest BCUT2D eigenvalue weighted by Gasteiger charge is -2.10. The molecule has 106 valence electrons. The van der Waals surface area contributed by atoms with E-state index < -0.39 is 0 Å². The molecule has 0 aromatic heterocycles. The number of hydrogen-bond donors (Lipinski definition) is 1. The van der Waals surface area contributed by atoms with Crippen LogP contribution in [0.2, 0.25) is 0 Å². The van der Waals surface area contributed by atoms with Crippen molar-refractivity contribution in [3.05, 3.63) is 59.2 Å². The Morgan fingerprint density at radius 1 is 1.00 bits per heavy atom. The van der Waals surface area contributed by atoms with Crippen LogP contribution in [0.25, 0.3) is 0 Å². The van der Waals surface area contributed by atoms with Gasteiger partial charge in [-0.1, -0.05) is 25.1 Å². The quantitative estimate of drug-likeness (QED) is 0.820. The van der Waals surface area contributed by atoms with Crippen LogP contribution in [-0.4, -0.2) is 6.61 Å². The molecule has 0 radical (unpaired) electrons. The minimum absolute atomic E-state index is 0.772. The van der Waals surface area contributed by atoms with E-state index in [0.29, 0.717) is 0 Å². The van der Waals surface area contributed by atoms with Crippen LogP contribution in [0.4, 0.5) is 5.69 Å². The van der Waals surface area contributed by atoms with E-state index in [1.807, 2.05) is 12.1 Å². The van der Waals surface area contributed by atoms with Gasteiger partial charge >= 0.3 is 0 Å². The van der Waals surface area contributed by atoms with Crippen LogP contribution < -0.4 is 10.1 Å². The highest BCUT2D eigenvalue weighted by Crippen LogP contribution is 2.17. The molecule has 2 nitrogen and oxygen atoms in total. The van der Waals surface area contributed by atoms with Crippen molar-refractivity contribution in [3.8, 4) is 5.75 Å². The van der Waals surface area contributed by atoms with Gasteiger partial charge in [-0.2, -0.15) is 0 Å². The van der Waals surface area contributed by atoms with Gasteiger partial charge in [0.05, 0.1) is 6.61 Å². The highest BCUT2D eigenvalue weighted by atomic mass is 16.5. The molecule has 0 aliphatic carbocycles. The summed E-state index contributed by atoms with van der Waals surface area (Å²) in [5.41, 5.74) is 5.03. The minimum Gasteiger partial charge on any atom is -0.494 e. The molecule has 0 unspecified atom stereocenters. The number of aryl methyl sites for hydroxylation is 2. The largest absolute Gasteiger partial charge is 0.494 e. The van der Waals surface area contributed by atoms with Gasteiger partial charge in [0, 0.05) is 12.2 Å². The molecule has 0 bridgehead atoms. The van der Waals surface area contributed by atoms with Crippen LogP contribution in [0.5, 0.6) is 5.75 Å². The van der Waals surface area contributed by atoms with E-state index in [4.69, 9.17) is 4.74 Å². The second kappa shape index (κ2) is 6.99. The van der Waals surface area contributed by atoms with Crippen molar-refractivity contribution in [1.82, 2.24) is 0 Å². The number of ether oxygens (including phenoxy) is 1. The van der Waals surface area contributed by atoms with Gasteiger partial charge in [0.2, 0.25) is 0 Å². The summed E-state index contributed by atoms with van der Waals surface area (Å²) in [5, 5.41) is 3.46. The third-order valence-electron chi connectivity index (χ3n) is 3.37. The summed E-state index contributed by atoms with van der Waals surface area (Å²) < 4.78 is 5.65. The number of rotatable bonds is 6. The van der Waals surface area contributed by atoms with Crippen molar-refractivity contribution < 1.29 is 4.74 Å². The standard InChI is InChI=1S/C18H23NO/c1-4-10-20-18-7-5-6-16(12-18)13-19-17-9-8-14(2)15(3)11-17/h5-9,11-12,19H,4,10,13H2,1-3H3. The van der Waals surface area contributed by atoms with Crippen molar-refractivity contribution in [1.29, 1.82) is 0 Å². The molecular formula is C18H23NO. The van der Waals surface area contributed by atoms with Crippen LogP contribution in [0.3, 0.4) is 0 Å². The Hall–Kier alpha value is -1.96. The smallest absolute Gasteiger partial charge is 0.119 e. The summed E-state index contributed by atoms with van der Waals surface area (Å²) in [6.07, 6.45) is 1.03. The molecule has 0 atom stereocenters. The van der Waals surface area contributed by atoms with Crippen molar-refractivity contribution in [2.45, 2.75) is 33.7 Å². The summed E-state index contributed by atoms with van der Waals surface area (Å²) in [5.74, 6) is 0.950. The molecule has 0 heterocycles. The third-order valence-corrected chi connectivity index (χ3v) is 3.37. The average Bonchev–Trinajstić information content (AvgIpc) is 2.47. The minimum atomic E-state index is 0.772. The maximum Gasteiger partial charge on any atom is 0.119 e. The lowest BCUT2D eigenvalue weighted by Crippen LogP contribution is -2.01. The fourth-order valence-electron chi connectivity index (χ4n) is 2.02. The fraction of sp³-hybridized carbons (Fsp3) is 0.333. The van der Waals surface area contributed by atoms with Gasteiger partial charge < -0.3 is 10.1 Å². The van der Waals surface area contributed by atoms with Gasteiger partial charge in [-0.3, -0.25) is 0 Å². The fourth-order valence-corrected chi connectivity index (χ4v) is 2.02. The Morgan fingerprint density at radius 3 is 2.60 bits per heavy atom. The van der Waals surface area contributed by atoms with Gasteiger partial charge in [0.25, 0.3) is 0 Å². The first-order valence-corrected chi connectivity index (χ1v) is 7.22. The molecule has 20 heavy (non-hydrogen) atoms. The van der Waals surface area contributed by atoms with Crippen LogP contribution >= 0.6 is 0 Å². The van der Waals surface area contributed by atoms with E-state index in [-0.39, 0.29) is 0 Å². The number of hydrogen-bond acceptors (Lipinski definition) is 2. The van der Waals surface area contributed by atoms with E-state index in [9.17, 15) is 0 Å². The van der Waals surface area contributed by atoms with E-state index in [2.05, 4.69) is 56.4 Å². The van der Waals surface area contributed by atoms with Gasteiger partial charge in [-0.15, -0.1) is 0 Å². The summed E-state index contributed by atoms with van der Waals surface area (Å²) in [6, 6.07) is 14.7. The first-order chi connectivity index (χ1) is 9.69. The third kappa shape index (κ3) is 4.02. The van der Waals surface area contributed by atoms with Crippen LogP contribution in [-0.2, 0) is 6.54 Å². The highest BCUT2D eigenvalue weighted by molar-refractivity contribution is 5.48. The second-order valence-electron chi connectivity index (χ2n) is 5.15. The Balaban J connectivity index is 1.97. The zero-order valence-electron chi connectivity index (χ0n) is 12.6. The second-order valence-corrected chi connectivity index (χ2v) is 5.15. The average molecular weight is 269 g/mol. The Kier molecular flexibility index (Phi) is 5.05. The van der Waals surface area contributed by atoms with Crippen molar-refractivity contribution in [2.75, 3.05) is 11.9 Å². The molecule has 2 aromatic rings. The first-order valence-electron chi connectivity index (χ1n) is 7.22. The molecule has 0 saturated carbocycles. The van der Waals surface area contributed by atoms with Crippen LogP contribution in [0.15, 0.2) is 42.5 Å². The molecule has 0 spiro atoms. The zero-order valence-corrected chi connectivity index (χ0v) is 12.6. The number of benzene rings is 2. The van der Waals surface area contributed by atoms with Gasteiger partial charge in [0.1, 0.15) is 5.75 Å². The normalized spacial score (nSPS) is 10.3. The topological polar surface area (TPSA) is 21.3 Å². The zero-order chi connectivity index (χ0) is 14.4. The molecule has 0 amide bonds. The summed E-state index contributed by atoms with van der Waals surface area (Å²) in [7, 11) is 0. The molecule has 2 heteroatoms. The Morgan fingerprint density at radius 2 is 1.85 bits per heavy atom. The van der Waals surface area contributed by atoms with E-state index in [1.54, 1.807) is 0 Å². The van der Waals surface area contributed by atoms with E-state index >= 15 is 0 Å². The molecule has 1 N–H and O–H groups in total.